The maximum absolute atomic E-state index is 12.7. The zero-order chi connectivity index (χ0) is 19.4. The predicted octanol–water partition coefficient (Wildman–Crippen LogP) is 3.23. The average molecular weight is 383 g/mol. The molecular formula is C20H21N3O3S. The van der Waals surface area contributed by atoms with Crippen LogP contribution in [0, 0.1) is 6.92 Å². The molecule has 0 N–H and O–H groups in total. The molecule has 0 saturated carbocycles. The fraction of sp³-hybridized carbons (Fsp3) is 0.250. The summed E-state index contributed by atoms with van der Waals surface area (Å²) in [4.78, 5) is 31.4. The number of para-hydroxylation sites is 1. The number of hydrogen-bond acceptors (Lipinski definition) is 5. The second kappa shape index (κ2) is 8.26. The molecule has 7 heteroatoms. The standard InChI is InChI=1S/C20H21N3O3S/c1-4-11-23-19(25)16-7-5-6-8-17(16)21-20(23)27-13-18(24)22(3)12-15-10-9-14(2)26-15/h4-10H,1,11-13H2,2-3H3. The number of benzene rings is 1. The van der Waals surface area contributed by atoms with Crippen LogP contribution in [0.3, 0.4) is 0 Å². The molecule has 2 aromatic heterocycles. The van der Waals surface area contributed by atoms with Crippen LogP contribution in [0.5, 0.6) is 0 Å². The van der Waals surface area contributed by atoms with Gasteiger partial charge in [-0.3, -0.25) is 14.2 Å². The molecule has 1 amide bonds. The van der Waals surface area contributed by atoms with Crippen molar-refractivity contribution in [3.63, 3.8) is 0 Å². The molecule has 0 atom stereocenters. The molecule has 0 fully saturated rings. The van der Waals surface area contributed by atoms with Crippen LogP contribution < -0.4 is 5.56 Å². The molecule has 0 saturated heterocycles. The topological polar surface area (TPSA) is 68.3 Å². The van der Waals surface area contributed by atoms with Gasteiger partial charge in [0.05, 0.1) is 23.2 Å². The lowest BCUT2D eigenvalue weighted by atomic mass is 10.2. The zero-order valence-electron chi connectivity index (χ0n) is 15.3. The van der Waals surface area contributed by atoms with Gasteiger partial charge in [0.15, 0.2) is 5.16 Å². The monoisotopic (exact) mass is 383 g/mol. The van der Waals surface area contributed by atoms with Gasteiger partial charge in [-0.15, -0.1) is 6.58 Å². The third kappa shape index (κ3) is 4.31. The number of amides is 1. The Hall–Kier alpha value is -2.80. The van der Waals surface area contributed by atoms with Gasteiger partial charge in [-0.1, -0.05) is 30.0 Å². The van der Waals surface area contributed by atoms with Gasteiger partial charge in [0.1, 0.15) is 11.5 Å². The van der Waals surface area contributed by atoms with Crippen molar-refractivity contribution >= 4 is 28.6 Å². The number of aromatic nitrogens is 2. The number of rotatable bonds is 7. The summed E-state index contributed by atoms with van der Waals surface area (Å²) in [5, 5.41) is 1.06. The highest BCUT2D eigenvalue weighted by Crippen LogP contribution is 2.19. The van der Waals surface area contributed by atoms with E-state index in [9.17, 15) is 9.59 Å². The molecule has 0 radical (unpaired) electrons. The van der Waals surface area contributed by atoms with E-state index >= 15 is 0 Å². The number of hydrogen-bond donors (Lipinski definition) is 0. The Kier molecular flexibility index (Phi) is 5.81. The van der Waals surface area contributed by atoms with Crippen molar-refractivity contribution in [2.45, 2.75) is 25.2 Å². The number of nitrogens with zero attached hydrogens (tertiary/aromatic N) is 3. The molecule has 0 aliphatic rings. The number of furan rings is 1. The van der Waals surface area contributed by atoms with Crippen molar-refractivity contribution in [3.8, 4) is 0 Å². The van der Waals surface area contributed by atoms with Crippen LogP contribution in [-0.2, 0) is 17.9 Å². The van der Waals surface area contributed by atoms with E-state index in [1.54, 1.807) is 34.7 Å². The van der Waals surface area contributed by atoms with E-state index in [-0.39, 0.29) is 17.2 Å². The summed E-state index contributed by atoms with van der Waals surface area (Å²) in [6, 6.07) is 10.9. The number of thioether (sulfide) groups is 1. The lowest BCUT2D eigenvalue weighted by Crippen LogP contribution is -2.28. The second-order valence-electron chi connectivity index (χ2n) is 6.17. The Morgan fingerprint density at radius 3 is 2.81 bits per heavy atom. The van der Waals surface area contributed by atoms with Gasteiger partial charge in [-0.2, -0.15) is 0 Å². The van der Waals surface area contributed by atoms with Gasteiger partial charge in [0.25, 0.3) is 5.56 Å². The first-order chi connectivity index (χ1) is 13.0. The first kappa shape index (κ1) is 19.0. The summed E-state index contributed by atoms with van der Waals surface area (Å²) in [5.74, 6) is 1.66. The van der Waals surface area contributed by atoms with Crippen molar-refractivity contribution in [1.29, 1.82) is 0 Å². The van der Waals surface area contributed by atoms with Crippen LogP contribution in [0.25, 0.3) is 10.9 Å². The van der Waals surface area contributed by atoms with E-state index in [1.807, 2.05) is 31.2 Å². The third-order valence-electron chi connectivity index (χ3n) is 4.08. The van der Waals surface area contributed by atoms with Gasteiger partial charge in [0.2, 0.25) is 5.91 Å². The largest absolute Gasteiger partial charge is 0.464 e. The minimum absolute atomic E-state index is 0.0680. The lowest BCUT2D eigenvalue weighted by molar-refractivity contribution is -0.127. The van der Waals surface area contributed by atoms with Crippen LogP contribution in [0.1, 0.15) is 11.5 Å². The lowest BCUT2D eigenvalue weighted by Gasteiger charge is -2.16. The minimum atomic E-state index is -0.130. The number of fused-ring (bicyclic) bond motifs is 1. The fourth-order valence-corrected chi connectivity index (χ4v) is 3.63. The highest BCUT2D eigenvalue weighted by Gasteiger charge is 2.15. The summed E-state index contributed by atoms with van der Waals surface area (Å²) in [6.07, 6.45) is 1.65. The van der Waals surface area contributed by atoms with E-state index in [0.29, 0.717) is 29.1 Å². The smallest absolute Gasteiger partial charge is 0.262 e. The van der Waals surface area contributed by atoms with Crippen LogP contribution in [-0.4, -0.2) is 33.2 Å². The van der Waals surface area contributed by atoms with Crippen molar-refractivity contribution in [2.75, 3.05) is 12.8 Å². The summed E-state index contributed by atoms with van der Waals surface area (Å²) >= 11 is 1.25. The van der Waals surface area contributed by atoms with Crippen molar-refractivity contribution in [3.05, 3.63) is 70.9 Å². The number of allylic oxidation sites excluding steroid dienone is 1. The summed E-state index contributed by atoms with van der Waals surface area (Å²) in [6.45, 7) is 6.32. The molecule has 6 nitrogen and oxygen atoms in total. The van der Waals surface area contributed by atoms with Gasteiger partial charge in [0, 0.05) is 13.6 Å². The molecule has 0 aliphatic carbocycles. The summed E-state index contributed by atoms with van der Waals surface area (Å²) < 4.78 is 7.06. The molecule has 3 rings (SSSR count). The van der Waals surface area contributed by atoms with Gasteiger partial charge in [-0.05, 0) is 31.2 Å². The molecule has 140 valence electrons. The Morgan fingerprint density at radius 1 is 1.33 bits per heavy atom. The molecule has 2 heterocycles. The Balaban J connectivity index is 1.77. The van der Waals surface area contributed by atoms with Crippen LogP contribution in [0.2, 0.25) is 0 Å². The molecule has 0 bridgehead atoms. The second-order valence-corrected chi connectivity index (χ2v) is 7.11. The average Bonchev–Trinajstić information content (AvgIpc) is 3.07. The number of carbonyl (C=O) groups is 1. The fourth-order valence-electron chi connectivity index (χ4n) is 2.68. The molecule has 3 aromatic rings. The van der Waals surface area contributed by atoms with Crippen molar-refractivity contribution in [1.82, 2.24) is 14.5 Å². The number of carbonyl (C=O) groups excluding carboxylic acids is 1. The minimum Gasteiger partial charge on any atom is -0.464 e. The first-order valence-corrected chi connectivity index (χ1v) is 9.50. The van der Waals surface area contributed by atoms with E-state index in [0.717, 1.165) is 11.5 Å². The Morgan fingerprint density at radius 2 is 2.11 bits per heavy atom. The molecule has 27 heavy (non-hydrogen) atoms. The quantitative estimate of drug-likeness (QED) is 0.356. The molecular weight excluding hydrogens is 362 g/mol. The highest BCUT2D eigenvalue weighted by atomic mass is 32.2. The zero-order valence-corrected chi connectivity index (χ0v) is 16.2. The molecule has 1 aromatic carbocycles. The van der Waals surface area contributed by atoms with E-state index in [4.69, 9.17) is 4.42 Å². The SMILES string of the molecule is C=CCn1c(SCC(=O)N(C)Cc2ccc(C)o2)nc2ccccc2c1=O. The number of aryl methyl sites for hydroxylation is 1. The van der Waals surface area contributed by atoms with E-state index in [1.165, 1.54) is 11.8 Å². The van der Waals surface area contributed by atoms with Crippen molar-refractivity contribution < 1.29 is 9.21 Å². The summed E-state index contributed by atoms with van der Waals surface area (Å²) in [7, 11) is 1.73. The Labute approximate surface area is 161 Å². The van der Waals surface area contributed by atoms with Gasteiger partial charge < -0.3 is 9.32 Å². The van der Waals surface area contributed by atoms with Crippen LogP contribution in [0.4, 0.5) is 0 Å². The Bertz CT molecular complexity index is 1040. The third-order valence-corrected chi connectivity index (χ3v) is 5.04. The predicted molar refractivity (Wildman–Crippen MR) is 107 cm³/mol. The molecule has 0 unspecified atom stereocenters. The van der Waals surface area contributed by atoms with Crippen LogP contribution in [0.15, 0.2) is 63.4 Å². The van der Waals surface area contributed by atoms with E-state index in [2.05, 4.69) is 11.6 Å². The highest BCUT2D eigenvalue weighted by molar-refractivity contribution is 7.99. The van der Waals surface area contributed by atoms with Crippen molar-refractivity contribution in [2.24, 2.45) is 0 Å². The normalized spacial score (nSPS) is 10.9. The van der Waals surface area contributed by atoms with E-state index < -0.39 is 0 Å². The summed E-state index contributed by atoms with van der Waals surface area (Å²) in [5.41, 5.74) is 0.493. The molecule has 0 spiro atoms. The first-order valence-electron chi connectivity index (χ1n) is 8.52. The van der Waals surface area contributed by atoms with Gasteiger partial charge >= 0.3 is 0 Å². The maximum Gasteiger partial charge on any atom is 0.262 e. The van der Waals surface area contributed by atoms with Crippen LogP contribution >= 0.6 is 11.8 Å². The molecule has 0 aliphatic heterocycles. The van der Waals surface area contributed by atoms with Gasteiger partial charge in [-0.25, -0.2) is 4.98 Å². The maximum atomic E-state index is 12.7.